The molecule has 9 nitrogen and oxygen atoms in total. The van der Waals surface area contributed by atoms with E-state index in [9.17, 15) is 19.8 Å². The molecule has 0 saturated heterocycles. The Morgan fingerprint density at radius 3 is 2.27 bits per heavy atom. The molecule has 1 aromatic heterocycles. The van der Waals surface area contributed by atoms with Gasteiger partial charge in [-0.25, -0.2) is 0 Å². The van der Waals surface area contributed by atoms with E-state index in [-0.39, 0.29) is 34.5 Å². The molecule has 4 aromatic carbocycles. The number of fused-ring (bicyclic) bond motifs is 1. The van der Waals surface area contributed by atoms with Crippen molar-refractivity contribution in [3.8, 4) is 40.1 Å². The lowest BCUT2D eigenvalue weighted by molar-refractivity contribution is -0.140. The molecule has 1 heterocycles. The summed E-state index contributed by atoms with van der Waals surface area (Å²) in [6, 6.07) is 24.2. The third-order valence-electron chi connectivity index (χ3n) is 7.40. The number of rotatable bonds is 11. The minimum atomic E-state index is -0.845. The molecule has 5 aromatic rings. The Labute approximate surface area is 253 Å². The number of ether oxygens (including phenoxy) is 4. The average Bonchev–Trinajstić information content (AvgIpc) is 3.04. The molecule has 0 amide bonds. The maximum absolute atomic E-state index is 13.2. The Hall–Kier alpha value is -5.44. The quantitative estimate of drug-likeness (QED) is 0.171. The van der Waals surface area contributed by atoms with Gasteiger partial charge in [-0.2, -0.15) is 0 Å². The lowest BCUT2D eigenvalue weighted by Gasteiger charge is -2.21. The fourth-order valence-electron chi connectivity index (χ4n) is 5.13. The van der Waals surface area contributed by atoms with Crippen LogP contribution in [0.15, 0.2) is 94.1 Å². The number of methoxy groups -OCH3 is 3. The third kappa shape index (κ3) is 6.32. The molecule has 9 heteroatoms. The average molecular weight is 597 g/mol. The monoisotopic (exact) mass is 596 g/mol. The normalized spacial score (nSPS) is 11.6. The molecule has 226 valence electrons. The number of phenols is 2. The van der Waals surface area contributed by atoms with Gasteiger partial charge >= 0.3 is 5.97 Å². The predicted octanol–water partition coefficient (Wildman–Crippen LogP) is 6.20. The largest absolute Gasteiger partial charge is 0.507 e. The summed E-state index contributed by atoms with van der Waals surface area (Å²) in [7, 11) is 4.39. The fourth-order valence-corrected chi connectivity index (χ4v) is 5.13. The van der Waals surface area contributed by atoms with E-state index in [0.29, 0.717) is 35.7 Å². The van der Waals surface area contributed by atoms with Gasteiger partial charge < -0.3 is 33.6 Å². The van der Waals surface area contributed by atoms with Crippen LogP contribution in [-0.2, 0) is 16.0 Å². The zero-order chi connectivity index (χ0) is 31.2. The topological polar surface area (TPSA) is 125 Å². The van der Waals surface area contributed by atoms with Crippen molar-refractivity contribution in [2.24, 2.45) is 0 Å². The van der Waals surface area contributed by atoms with Crippen molar-refractivity contribution in [1.29, 1.82) is 0 Å². The summed E-state index contributed by atoms with van der Waals surface area (Å²) in [6.45, 7) is 0.379. The molecule has 44 heavy (non-hydrogen) atoms. The predicted molar refractivity (Wildman–Crippen MR) is 165 cm³/mol. The van der Waals surface area contributed by atoms with Crippen molar-refractivity contribution in [2.75, 3.05) is 27.9 Å². The smallest absolute Gasteiger partial charge is 0.306 e. The summed E-state index contributed by atoms with van der Waals surface area (Å²) in [5.74, 6) is -0.292. The Morgan fingerprint density at radius 2 is 1.59 bits per heavy atom. The Bertz CT molecular complexity index is 1830. The van der Waals surface area contributed by atoms with Crippen molar-refractivity contribution in [1.82, 2.24) is 0 Å². The van der Waals surface area contributed by atoms with Gasteiger partial charge in [-0.1, -0.05) is 48.5 Å². The standard InChI is InChI=1S/C35H32O9/c1-40-24-12-9-21(10-13-24)15-16-43-29-14-11-23(17-31(29)41-2)25(18-32(39)42-3)33-26(36)19-27(37)34-28(38)20-30(44-35(33)34)22-7-5-4-6-8-22/h4-14,17,19-20,25,36-37H,15-16,18H2,1-3H3. The number of carbonyl (C=O) groups excluding carboxylic acids is 1. The van der Waals surface area contributed by atoms with Crippen LogP contribution >= 0.6 is 0 Å². The van der Waals surface area contributed by atoms with Gasteiger partial charge in [0.05, 0.1) is 34.4 Å². The molecule has 0 aliphatic carbocycles. The molecular formula is C35H32O9. The summed E-state index contributed by atoms with van der Waals surface area (Å²) >= 11 is 0. The first-order chi connectivity index (χ1) is 21.3. The first-order valence-corrected chi connectivity index (χ1v) is 13.9. The Balaban J connectivity index is 1.56. The minimum Gasteiger partial charge on any atom is -0.507 e. The van der Waals surface area contributed by atoms with E-state index in [1.165, 1.54) is 20.3 Å². The van der Waals surface area contributed by atoms with E-state index in [4.69, 9.17) is 23.4 Å². The summed E-state index contributed by atoms with van der Waals surface area (Å²) in [6.07, 6.45) is 0.444. The first-order valence-electron chi connectivity index (χ1n) is 13.9. The second kappa shape index (κ2) is 13.2. The van der Waals surface area contributed by atoms with Crippen molar-refractivity contribution in [2.45, 2.75) is 18.8 Å². The molecule has 0 radical (unpaired) electrons. The Kier molecular flexibility index (Phi) is 9.04. The van der Waals surface area contributed by atoms with Crippen LogP contribution in [-0.4, -0.2) is 44.1 Å². The molecule has 0 spiro atoms. The highest BCUT2D eigenvalue weighted by molar-refractivity contribution is 5.90. The molecule has 5 rings (SSSR count). The Morgan fingerprint density at radius 1 is 0.841 bits per heavy atom. The molecular weight excluding hydrogens is 564 g/mol. The number of hydrogen-bond donors (Lipinski definition) is 2. The fraction of sp³-hybridized carbons (Fsp3) is 0.200. The van der Waals surface area contributed by atoms with Crippen molar-refractivity contribution < 1.29 is 38.4 Å². The van der Waals surface area contributed by atoms with Crippen molar-refractivity contribution in [3.05, 3.63) is 112 Å². The maximum atomic E-state index is 13.2. The maximum Gasteiger partial charge on any atom is 0.306 e. The van der Waals surface area contributed by atoms with Crippen molar-refractivity contribution in [3.63, 3.8) is 0 Å². The number of esters is 1. The van der Waals surface area contributed by atoms with E-state index in [0.717, 1.165) is 17.4 Å². The van der Waals surface area contributed by atoms with Gasteiger partial charge in [0.1, 0.15) is 34.0 Å². The van der Waals surface area contributed by atoms with Crippen LogP contribution in [0.1, 0.15) is 29.0 Å². The minimum absolute atomic E-state index is 0.0402. The second-order valence-electron chi connectivity index (χ2n) is 10.1. The molecule has 1 unspecified atom stereocenters. The highest BCUT2D eigenvalue weighted by atomic mass is 16.5. The lowest BCUT2D eigenvalue weighted by atomic mass is 9.86. The van der Waals surface area contributed by atoms with Crippen LogP contribution in [0.2, 0.25) is 0 Å². The van der Waals surface area contributed by atoms with Gasteiger partial charge in [-0.3, -0.25) is 9.59 Å². The van der Waals surface area contributed by atoms with E-state index in [1.54, 1.807) is 49.6 Å². The molecule has 2 N–H and O–H groups in total. The van der Waals surface area contributed by atoms with Gasteiger partial charge in [0.25, 0.3) is 0 Å². The molecule has 0 saturated carbocycles. The molecule has 0 fully saturated rings. The second-order valence-corrected chi connectivity index (χ2v) is 10.1. The molecule has 0 aliphatic rings. The molecule has 1 atom stereocenters. The summed E-state index contributed by atoms with van der Waals surface area (Å²) in [5, 5.41) is 21.7. The van der Waals surface area contributed by atoms with Gasteiger partial charge in [0.15, 0.2) is 16.9 Å². The van der Waals surface area contributed by atoms with E-state index in [2.05, 4.69) is 0 Å². The zero-order valence-electron chi connectivity index (χ0n) is 24.5. The number of phenolic OH excluding ortho intramolecular Hbond substituents is 2. The van der Waals surface area contributed by atoms with Crippen LogP contribution in [0.3, 0.4) is 0 Å². The number of carbonyl (C=O) groups is 1. The van der Waals surface area contributed by atoms with Gasteiger partial charge in [-0.15, -0.1) is 0 Å². The lowest BCUT2D eigenvalue weighted by Crippen LogP contribution is -2.13. The van der Waals surface area contributed by atoms with Crippen LogP contribution < -0.4 is 19.6 Å². The van der Waals surface area contributed by atoms with E-state index in [1.807, 2.05) is 30.3 Å². The molecule has 0 aliphatic heterocycles. The van der Waals surface area contributed by atoms with Gasteiger partial charge in [0, 0.05) is 35.6 Å². The highest BCUT2D eigenvalue weighted by Gasteiger charge is 2.29. The van der Waals surface area contributed by atoms with Gasteiger partial charge in [-0.05, 0) is 35.4 Å². The van der Waals surface area contributed by atoms with Crippen LogP contribution in [0.4, 0.5) is 0 Å². The van der Waals surface area contributed by atoms with E-state index < -0.39 is 23.1 Å². The first kappa shape index (κ1) is 30.0. The highest BCUT2D eigenvalue weighted by Crippen LogP contribution is 2.44. The summed E-state index contributed by atoms with van der Waals surface area (Å²) < 4.78 is 28.0. The number of aromatic hydroxyl groups is 2. The summed E-state index contributed by atoms with van der Waals surface area (Å²) in [5.41, 5.74) is 1.87. The summed E-state index contributed by atoms with van der Waals surface area (Å²) in [4.78, 5) is 25.9. The number of hydrogen-bond acceptors (Lipinski definition) is 9. The SMILES string of the molecule is COC(=O)CC(c1ccc(OCCc2ccc(OC)cc2)c(OC)c1)c1c(O)cc(O)c2c(=O)cc(-c3ccccc3)oc12. The van der Waals surface area contributed by atoms with E-state index >= 15 is 0 Å². The van der Waals surface area contributed by atoms with Crippen LogP contribution in [0.25, 0.3) is 22.3 Å². The van der Waals surface area contributed by atoms with Crippen LogP contribution in [0.5, 0.6) is 28.7 Å². The van der Waals surface area contributed by atoms with Crippen molar-refractivity contribution >= 4 is 16.9 Å². The zero-order valence-corrected chi connectivity index (χ0v) is 24.5. The van der Waals surface area contributed by atoms with Crippen LogP contribution in [0, 0.1) is 0 Å². The molecule has 0 bridgehead atoms. The van der Waals surface area contributed by atoms with Gasteiger partial charge in [0.2, 0.25) is 0 Å². The number of benzene rings is 4. The third-order valence-corrected chi connectivity index (χ3v) is 7.40.